The van der Waals surface area contributed by atoms with Crippen LogP contribution in [0.15, 0.2) is 24.3 Å². The van der Waals surface area contributed by atoms with Gasteiger partial charge >= 0.3 is 5.97 Å². The number of ketones is 1. The molecule has 3 atom stereocenters. The number of amides is 3. The van der Waals surface area contributed by atoms with Crippen molar-refractivity contribution in [2.75, 3.05) is 6.54 Å². The minimum Gasteiger partial charge on any atom is -0.479 e. The third-order valence-electron chi connectivity index (χ3n) is 11.3. The highest BCUT2D eigenvalue weighted by Gasteiger charge is 2.55. The number of likely N-dealkylation sites (tertiary alicyclic amines) is 1. The van der Waals surface area contributed by atoms with E-state index >= 15 is 0 Å². The molecule has 9 heteroatoms. The summed E-state index contributed by atoms with van der Waals surface area (Å²) in [5.74, 6) is -3.08. The number of carboxylic acids is 1. The molecule has 1 rings (SSSR count). The lowest BCUT2D eigenvalue weighted by atomic mass is 9.87. The van der Waals surface area contributed by atoms with Gasteiger partial charge in [-0.3, -0.25) is 19.2 Å². The van der Waals surface area contributed by atoms with Crippen molar-refractivity contribution in [1.29, 1.82) is 0 Å². The number of hydrogen-bond donors (Lipinski definition) is 3. The van der Waals surface area contributed by atoms with Crippen LogP contribution in [-0.2, 0) is 24.0 Å². The first-order chi connectivity index (χ1) is 27.1. The van der Waals surface area contributed by atoms with Gasteiger partial charge in [-0.2, -0.15) is 0 Å². The van der Waals surface area contributed by atoms with Crippen molar-refractivity contribution in [1.82, 2.24) is 15.5 Å². The molecule has 1 heterocycles. The number of aliphatic carboxylic acids is 1. The second-order valence-electron chi connectivity index (χ2n) is 16.4. The van der Waals surface area contributed by atoms with Gasteiger partial charge in [-0.05, 0) is 90.9 Å². The van der Waals surface area contributed by atoms with Gasteiger partial charge in [-0.1, -0.05) is 141 Å². The Morgan fingerprint density at radius 2 is 0.982 bits per heavy atom. The Morgan fingerprint density at radius 3 is 1.43 bits per heavy atom. The Kier molecular flexibility index (Phi) is 30.1. The van der Waals surface area contributed by atoms with Gasteiger partial charge in [0.2, 0.25) is 17.7 Å². The van der Waals surface area contributed by atoms with Gasteiger partial charge in [0.25, 0.3) is 0 Å². The molecule has 0 aromatic heterocycles. The monoisotopic (exact) mass is 786 g/mol. The predicted molar refractivity (Wildman–Crippen MR) is 230 cm³/mol. The van der Waals surface area contributed by atoms with Crippen LogP contribution in [0.2, 0.25) is 0 Å². The molecule has 1 saturated heterocycles. The van der Waals surface area contributed by atoms with Crippen LogP contribution in [0, 0.1) is 0 Å². The largest absolute Gasteiger partial charge is 0.479 e. The van der Waals surface area contributed by atoms with Crippen LogP contribution < -0.4 is 10.6 Å². The highest BCUT2D eigenvalue weighted by molar-refractivity contribution is 6.11. The number of unbranched alkanes of at least 4 members (excludes halogenated alkanes) is 22. The van der Waals surface area contributed by atoms with E-state index in [0.717, 1.165) is 81.9 Å². The Labute approximate surface area is 342 Å². The van der Waals surface area contributed by atoms with Crippen LogP contribution in [0.3, 0.4) is 0 Å². The molecule has 56 heavy (non-hydrogen) atoms. The minimum atomic E-state index is -1.90. The maximum atomic E-state index is 13.5. The number of Topliss-reactive ketones (excluding diaryl/α,β-unsaturated/α-hetero) is 1. The van der Waals surface area contributed by atoms with Crippen molar-refractivity contribution in [2.24, 2.45) is 0 Å². The van der Waals surface area contributed by atoms with Crippen molar-refractivity contribution >= 4 is 29.5 Å². The SMILES string of the molecule is CCCCCCCC/C=C\CCCCCCCC(=O)N[C@@H](C)C(=O)N[C@@H](C)C(=O)N1CCC[C@]1(C(=O)O)C(=O)CCCCCCC/C=C\CCCCCCCC. The number of rotatable bonds is 36. The molecule has 0 aromatic rings. The molecule has 1 fully saturated rings. The number of carboxylic acid groups (broad SMARTS) is 1. The van der Waals surface area contributed by atoms with Gasteiger partial charge in [0.05, 0.1) is 0 Å². The zero-order valence-electron chi connectivity index (χ0n) is 36.3. The van der Waals surface area contributed by atoms with E-state index in [4.69, 9.17) is 0 Å². The average Bonchev–Trinajstić information content (AvgIpc) is 3.64. The zero-order chi connectivity index (χ0) is 41.3. The normalized spacial score (nSPS) is 16.8. The number of nitrogens with one attached hydrogen (secondary N) is 2. The Balaban J connectivity index is 2.33. The zero-order valence-corrected chi connectivity index (χ0v) is 36.3. The standard InChI is InChI=1S/C47H83N3O6/c1-5-7-9-11-13-15-17-19-21-23-25-27-29-31-33-36-42(51)47(46(55)56)38-35-39-50(47)45(54)41(4)49-44(53)40(3)48-43(52)37-34-32-30-28-26-24-22-20-18-16-14-12-10-8-6-2/h19-22,40-41H,5-18,23-39H2,1-4H3,(H,48,52)(H,49,53)(H,55,56)/b21-19-,22-20-/t40-,41-,47+/m0/s1. The quantitative estimate of drug-likeness (QED) is 0.0329. The maximum Gasteiger partial charge on any atom is 0.337 e. The minimum absolute atomic E-state index is 0.0709. The van der Waals surface area contributed by atoms with E-state index in [9.17, 15) is 29.1 Å². The van der Waals surface area contributed by atoms with Crippen LogP contribution in [0.5, 0.6) is 0 Å². The van der Waals surface area contributed by atoms with Gasteiger partial charge in [-0.15, -0.1) is 0 Å². The van der Waals surface area contributed by atoms with Crippen molar-refractivity contribution in [2.45, 2.75) is 238 Å². The van der Waals surface area contributed by atoms with Gasteiger partial charge in [-0.25, -0.2) is 4.79 Å². The van der Waals surface area contributed by atoms with E-state index in [1.54, 1.807) is 6.92 Å². The topological polar surface area (TPSA) is 133 Å². The highest BCUT2D eigenvalue weighted by Crippen LogP contribution is 2.33. The molecule has 0 spiro atoms. The lowest BCUT2D eigenvalue weighted by Crippen LogP contribution is -2.62. The first kappa shape index (κ1) is 51.0. The van der Waals surface area contributed by atoms with Gasteiger partial charge in [0, 0.05) is 19.4 Å². The molecule has 9 nitrogen and oxygen atoms in total. The second-order valence-corrected chi connectivity index (χ2v) is 16.4. The van der Waals surface area contributed by atoms with Crippen LogP contribution in [0.4, 0.5) is 0 Å². The number of carbonyl (C=O) groups is 5. The summed E-state index contributed by atoms with van der Waals surface area (Å²) >= 11 is 0. The molecule has 0 radical (unpaired) electrons. The smallest absolute Gasteiger partial charge is 0.337 e. The van der Waals surface area contributed by atoms with Crippen LogP contribution in [-0.4, -0.2) is 63.6 Å². The van der Waals surface area contributed by atoms with Crippen LogP contribution in [0.1, 0.15) is 220 Å². The highest BCUT2D eigenvalue weighted by atomic mass is 16.4. The molecular formula is C47H83N3O6. The summed E-state index contributed by atoms with van der Waals surface area (Å²) in [7, 11) is 0. The molecule has 0 saturated carbocycles. The Bertz CT molecular complexity index is 1150. The van der Waals surface area contributed by atoms with E-state index < -0.39 is 41.2 Å². The van der Waals surface area contributed by atoms with Gasteiger partial charge in [0.1, 0.15) is 12.1 Å². The number of carbonyl (C=O) groups excluding carboxylic acids is 4. The third kappa shape index (κ3) is 22.1. The van der Waals surface area contributed by atoms with Gasteiger partial charge < -0.3 is 20.6 Å². The van der Waals surface area contributed by atoms with E-state index in [2.05, 4.69) is 48.8 Å². The fourth-order valence-corrected chi connectivity index (χ4v) is 7.68. The number of nitrogens with zero attached hydrogens (tertiary/aromatic N) is 1. The molecule has 3 N–H and O–H groups in total. The lowest BCUT2D eigenvalue weighted by molar-refractivity contribution is -0.162. The molecule has 1 aliphatic rings. The predicted octanol–water partition coefficient (Wildman–Crippen LogP) is 11.1. The first-order valence-electron chi connectivity index (χ1n) is 23.1. The van der Waals surface area contributed by atoms with Crippen molar-refractivity contribution < 1.29 is 29.1 Å². The van der Waals surface area contributed by atoms with E-state index in [0.29, 0.717) is 19.3 Å². The third-order valence-corrected chi connectivity index (χ3v) is 11.3. The molecule has 0 aromatic carbocycles. The summed E-state index contributed by atoms with van der Waals surface area (Å²) in [6.45, 7) is 7.70. The van der Waals surface area contributed by atoms with Crippen LogP contribution >= 0.6 is 0 Å². The summed E-state index contributed by atoms with van der Waals surface area (Å²) < 4.78 is 0. The maximum absolute atomic E-state index is 13.5. The number of hydrogen-bond acceptors (Lipinski definition) is 5. The van der Waals surface area contributed by atoms with Crippen molar-refractivity contribution in [3.05, 3.63) is 24.3 Å². The summed E-state index contributed by atoms with van der Waals surface area (Å²) in [6, 6.07) is -1.90. The molecular weight excluding hydrogens is 703 g/mol. The Hall–Kier alpha value is -2.97. The van der Waals surface area contributed by atoms with Crippen LogP contribution in [0.25, 0.3) is 0 Å². The Morgan fingerprint density at radius 1 is 0.571 bits per heavy atom. The molecule has 0 aliphatic carbocycles. The molecule has 1 aliphatic heterocycles. The molecule has 322 valence electrons. The first-order valence-corrected chi connectivity index (χ1v) is 23.1. The average molecular weight is 786 g/mol. The van der Waals surface area contributed by atoms with E-state index in [-0.39, 0.29) is 25.3 Å². The summed E-state index contributed by atoms with van der Waals surface area (Å²) in [6.07, 6.45) is 40.1. The van der Waals surface area contributed by atoms with Gasteiger partial charge in [0.15, 0.2) is 11.3 Å². The fraction of sp³-hybridized carbons (Fsp3) is 0.809. The molecule has 0 unspecified atom stereocenters. The molecule has 3 amide bonds. The lowest BCUT2D eigenvalue weighted by Gasteiger charge is -2.35. The molecule has 0 bridgehead atoms. The van der Waals surface area contributed by atoms with Crippen molar-refractivity contribution in [3.8, 4) is 0 Å². The van der Waals surface area contributed by atoms with E-state index in [1.807, 2.05) is 0 Å². The summed E-state index contributed by atoms with van der Waals surface area (Å²) in [4.78, 5) is 66.2. The van der Waals surface area contributed by atoms with E-state index in [1.165, 1.54) is 90.4 Å². The second kappa shape index (κ2) is 33.0. The number of allylic oxidation sites excluding steroid dienone is 4. The fourth-order valence-electron chi connectivity index (χ4n) is 7.68. The summed E-state index contributed by atoms with van der Waals surface area (Å²) in [5.41, 5.74) is -1.90. The summed E-state index contributed by atoms with van der Waals surface area (Å²) in [5, 5.41) is 15.6. The van der Waals surface area contributed by atoms with Crippen molar-refractivity contribution in [3.63, 3.8) is 0 Å².